The molecule has 0 saturated carbocycles. The summed E-state index contributed by atoms with van der Waals surface area (Å²) >= 11 is 0. The van der Waals surface area contributed by atoms with Crippen LogP contribution in [0.4, 0.5) is 11.4 Å². The zero-order valence-corrected chi connectivity index (χ0v) is 17.1. The Morgan fingerprint density at radius 1 is 1.20 bits per heavy atom. The lowest BCUT2D eigenvalue weighted by Crippen LogP contribution is -2.27. The predicted molar refractivity (Wildman–Crippen MR) is 108 cm³/mol. The zero-order valence-electron chi connectivity index (χ0n) is 16.3. The second kappa shape index (κ2) is 8.54. The molecule has 0 unspecified atom stereocenters. The van der Waals surface area contributed by atoms with Crippen molar-refractivity contribution in [3.63, 3.8) is 0 Å². The molecular formula is C20H20N2O7S. The molecule has 2 amide bonds. The van der Waals surface area contributed by atoms with Gasteiger partial charge in [-0.3, -0.25) is 9.59 Å². The van der Waals surface area contributed by atoms with Crippen LogP contribution in [-0.4, -0.2) is 45.2 Å². The quantitative estimate of drug-likeness (QED) is 0.668. The third-order valence-corrected chi connectivity index (χ3v) is 6.64. The van der Waals surface area contributed by atoms with E-state index >= 15 is 0 Å². The number of sulfone groups is 1. The van der Waals surface area contributed by atoms with Gasteiger partial charge in [0.25, 0.3) is 5.91 Å². The molecule has 10 heteroatoms. The summed E-state index contributed by atoms with van der Waals surface area (Å²) in [6.07, 6.45) is -0.277. The maximum atomic E-state index is 12.9. The van der Waals surface area contributed by atoms with Crippen LogP contribution in [0.2, 0.25) is 0 Å². The third kappa shape index (κ3) is 4.60. The molecule has 3 rings (SSSR count). The number of rotatable bonds is 6. The molecule has 0 saturated heterocycles. The summed E-state index contributed by atoms with van der Waals surface area (Å²) in [4.78, 5) is 35.2. The molecule has 9 nitrogen and oxygen atoms in total. The molecule has 0 radical (unpaired) electrons. The summed E-state index contributed by atoms with van der Waals surface area (Å²) in [6.45, 7) is 1.31. The number of benzene rings is 2. The number of ether oxygens (including phenoxy) is 2. The van der Waals surface area contributed by atoms with Crippen molar-refractivity contribution in [2.45, 2.75) is 23.5 Å². The number of anilines is 2. The van der Waals surface area contributed by atoms with Crippen LogP contribution in [0.1, 0.15) is 23.7 Å². The summed E-state index contributed by atoms with van der Waals surface area (Å²) in [7, 11) is -2.56. The van der Waals surface area contributed by atoms with E-state index in [-0.39, 0.29) is 29.5 Å². The van der Waals surface area contributed by atoms with Gasteiger partial charge in [0, 0.05) is 12.1 Å². The number of hydrogen-bond acceptors (Lipinski definition) is 7. The Kier molecular flexibility index (Phi) is 6.06. The first-order chi connectivity index (χ1) is 14.2. The molecular weight excluding hydrogens is 412 g/mol. The number of hydrogen-bond donors (Lipinski definition) is 2. The molecule has 0 aromatic heterocycles. The molecule has 1 aliphatic heterocycles. The van der Waals surface area contributed by atoms with Crippen molar-refractivity contribution in [3.8, 4) is 5.75 Å². The van der Waals surface area contributed by atoms with Gasteiger partial charge >= 0.3 is 5.97 Å². The Bertz CT molecular complexity index is 1090. The first-order valence-electron chi connectivity index (χ1n) is 8.99. The lowest BCUT2D eigenvalue weighted by atomic mass is 10.2. The fourth-order valence-corrected chi connectivity index (χ4v) is 4.24. The average molecular weight is 432 g/mol. The fraction of sp³-hybridized carbons (Fsp3) is 0.250. The molecule has 1 atom stereocenters. The second-order valence-electron chi connectivity index (χ2n) is 6.67. The van der Waals surface area contributed by atoms with Crippen molar-refractivity contribution in [2.24, 2.45) is 0 Å². The standard InChI is InChI=1S/C20H20N2O7S/c1-12(9-18(23)21-14-5-3-13(4-6-14)20(25)28-2)30(26,27)15-7-8-17-16(10-15)22-19(24)11-29-17/h3-8,10,12H,9,11H2,1-2H3,(H,21,23)(H,22,24)/t12-/m0/s1. The molecule has 2 aromatic rings. The lowest BCUT2D eigenvalue weighted by molar-refractivity contribution is -0.118. The van der Waals surface area contributed by atoms with Gasteiger partial charge in [0.05, 0.1) is 28.5 Å². The smallest absolute Gasteiger partial charge is 0.337 e. The molecule has 0 bridgehead atoms. The molecule has 1 aliphatic rings. The largest absolute Gasteiger partial charge is 0.482 e. The maximum Gasteiger partial charge on any atom is 0.337 e. The van der Waals surface area contributed by atoms with Crippen LogP contribution in [0, 0.1) is 0 Å². The molecule has 0 fully saturated rings. The number of amides is 2. The van der Waals surface area contributed by atoms with Gasteiger partial charge in [-0.25, -0.2) is 13.2 Å². The van der Waals surface area contributed by atoms with Crippen LogP contribution < -0.4 is 15.4 Å². The first kappa shape index (κ1) is 21.3. The normalized spacial score (nSPS) is 14.0. The second-order valence-corrected chi connectivity index (χ2v) is 9.04. The van der Waals surface area contributed by atoms with E-state index in [0.717, 1.165) is 0 Å². The van der Waals surface area contributed by atoms with E-state index < -0.39 is 27.0 Å². The van der Waals surface area contributed by atoms with Gasteiger partial charge in [-0.15, -0.1) is 0 Å². The highest BCUT2D eigenvalue weighted by Crippen LogP contribution is 2.31. The van der Waals surface area contributed by atoms with Crippen LogP contribution >= 0.6 is 0 Å². The SMILES string of the molecule is COC(=O)c1ccc(NC(=O)C[C@H](C)S(=O)(=O)c2ccc3c(c2)NC(=O)CO3)cc1. The Hall–Kier alpha value is -3.40. The minimum absolute atomic E-state index is 0.0187. The average Bonchev–Trinajstić information content (AvgIpc) is 2.72. The van der Waals surface area contributed by atoms with Crippen LogP contribution in [0.15, 0.2) is 47.4 Å². The van der Waals surface area contributed by atoms with Crippen molar-refractivity contribution < 1.29 is 32.3 Å². The minimum Gasteiger partial charge on any atom is -0.482 e. The molecule has 158 valence electrons. The van der Waals surface area contributed by atoms with Gasteiger partial charge in [-0.05, 0) is 49.4 Å². The number of esters is 1. The summed E-state index contributed by atoms with van der Waals surface area (Å²) in [5.41, 5.74) is 1.02. The molecule has 30 heavy (non-hydrogen) atoms. The van der Waals surface area contributed by atoms with Crippen molar-refractivity contribution >= 4 is 39.0 Å². The van der Waals surface area contributed by atoms with E-state index in [1.54, 1.807) is 0 Å². The number of fused-ring (bicyclic) bond motifs is 1. The summed E-state index contributed by atoms with van der Waals surface area (Å²) in [5.74, 6) is -0.984. The van der Waals surface area contributed by atoms with Crippen LogP contribution in [-0.2, 0) is 24.2 Å². The Morgan fingerprint density at radius 2 is 1.90 bits per heavy atom. The van der Waals surface area contributed by atoms with Crippen LogP contribution in [0.25, 0.3) is 0 Å². The highest BCUT2D eigenvalue weighted by atomic mass is 32.2. The van der Waals surface area contributed by atoms with E-state index in [9.17, 15) is 22.8 Å². The summed E-state index contributed by atoms with van der Waals surface area (Å²) in [5, 5.41) is 4.16. The van der Waals surface area contributed by atoms with Crippen molar-refractivity contribution in [2.75, 3.05) is 24.4 Å². The molecule has 1 heterocycles. The Labute approximate surface area is 173 Å². The van der Waals surface area contributed by atoms with Crippen molar-refractivity contribution in [1.82, 2.24) is 0 Å². The van der Waals surface area contributed by atoms with Gasteiger partial charge in [-0.2, -0.15) is 0 Å². The highest BCUT2D eigenvalue weighted by molar-refractivity contribution is 7.92. The van der Waals surface area contributed by atoms with Crippen LogP contribution in [0.5, 0.6) is 5.75 Å². The summed E-state index contributed by atoms with van der Waals surface area (Å²) in [6, 6.07) is 10.2. The first-order valence-corrected chi connectivity index (χ1v) is 10.5. The Balaban J connectivity index is 1.68. The van der Waals surface area contributed by atoms with E-state index in [1.165, 1.54) is 56.5 Å². The van der Waals surface area contributed by atoms with Gasteiger partial charge < -0.3 is 20.1 Å². The number of carbonyl (C=O) groups excluding carboxylic acids is 3. The van der Waals surface area contributed by atoms with E-state index in [2.05, 4.69) is 15.4 Å². The van der Waals surface area contributed by atoms with Crippen molar-refractivity contribution in [1.29, 1.82) is 0 Å². The lowest BCUT2D eigenvalue weighted by Gasteiger charge is -2.19. The molecule has 0 spiro atoms. The Morgan fingerprint density at radius 3 is 2.57 bits per heavy atom. The van der Waals surface area contributed by atoms with E-state index in [0.29, 0.717) is 17.0 Å². The van der Waals surface area contributed by atoms with Gasteiger partial charge in [0.2, 0.25) is 5.91 Å². The number of carbonyl (C=O) groups is 3. The third-order valence-electron chi connectivity index (χ3n) is 4.50. The van der Waals surface area contributed by atoms with E-state index in [4.69, 9.17) is 4.74 Å². The van der Waals surface area contributed by atoms with Gasteiger partial charge in [-0.1, -0.05) is 0 Å². The van der Waals surface area contributed by atoms with E-state index in [1.807, 2.05) is 0 Å². The van der Waals surface area contributed by atoms with Gasteiger partial charge in [0.15, 0.2) is 16.4 Å². The molecule has 2 N–H and O–H groups in total. The fourth-order valence-electron chi connectivity index (χ4n) is 2.86. The number of nitrogens with one attached hydrogen (secondary N) is 2. The maximum absolute atomic E-state index is 12.9. The zero-order chi connectivity index (χ0) is 21.9. The molecule has 0 aliphatic carbocycles. The monoisotopic (exact) mass is 432 g/mol. The van der Waals surface area contributed by atoms with Gasteiger partial charge in [0.1, 0.15) is 5.75 Å². The minimum atomic E-state index is -3.83. The topological polar surface area (TPSA) is 128 Å². The van der Waals surface area contributed by atoms with Crippen LogP contribution in [0.3, 0.4) is 0 Å². The predicted octanol–water partition coefficient (Wildman–Crippen LogP) is 2.00. The highest BCUT2D eigenvalue weighted by Gasteiger charge is 2.28. The number of methoxy groups -OCH3 is 1. The van der Waals surface area contributed by atoms with Crippen molar-refractivity contribution in [3.05, 3.63) is 48.0 Å². The molecule has 2 aromatic carbocycles. The summed E-state index contributed by atoms with van der Waals surface area (Å²) < 4.78 is 35.5.